The van der Waals surface area contributed by atoms with Crippen molar-refractivity contribution in [2.45, 2.75) is 0 Å². The smallest absolute Gasteiger partial charge is 0.156 e. The number of nitrogens with zero attached hydrogens (tertiary/aromatic N) is 1. The van der Waals surface area contributed by atoms with Crippen molar-refractivity contribution in [1.29, 1.82) is 0 Å². The molecule has 0 bridgehead atoms. The van der Waals surface area contributed by atoms with Gasteiger partial charge in [0.1, 0.15) is 5.82 Å². The average Bonchev–Trinajstić information content (AvgIpc) is 2.61. The number of H-pyrrole nitrogens is 1. The lowest BCUT2D eigenvalue weighted by Gasteiger charge is -1.98. The number of anilines is 1. The molecule has 0 saturated carbocycles. The van der Waals surface area contributed by atoms with E-state index >= 15 is 0 Å². The molecule has 2 aromatic rings. The van der Waals surface area contributed by atoms with E-state index in [0.29, 0.717) is 23.1 Å². The fourth-order valence-electron chi connectivity index (χ4n) is 1.32. The number of hydrogen-bond acceptors (Lipinski definition) is 3. The van der Waals surface area contributed by atoms with E-state index in [1.807, 2.05) is 0 Å². The highest BCUT2D eigenvalue weighted by atomic mass is 19.1. The van der Waals surface area contributed by atoms with E-state index in [0.717, 1.165) is 0 Å². The third-order valence-corrected chi connectivity index (χ3v) is 2.08. The molecule has 0 aliphatic rings. The van der Waals surface area contributed by atoms with Gasteiger partial charge in [0.2, 0.25) is 0 Å². The molecule has 4 nitrogen and oxygen atoms in total. The molecular weight excluding hydrogens is 197 g/mol. The fraction of sp³-hybridized carbons (Fsp3) is 0. The van der Waals surface area contributed by atoms with Gasteiger partial charge in [0.05, 0.1) is 11.3 Å². The number of benzene rings is 1. The van der Waals surface area contributed by atoms with Crippen molar-refractivity contribution in [3.8, 4) is 11.3 Å². The quantitative estimate of drug-likeness (QED) is 0.731. The Morgan fingerprint density at radius 3 is 2.60 bits per heavy atom. The van der Waals surface area contributed by atoms with Crippen LogP contribution in [0.25, 0.3) is 11.3 Å². The number of carbonyl (C=O) groups excluding carboxylic acids is 1. The maximum absolute atomic E-state index is 12.7. The first kappa shape index (κ1) is 9.39. The van der Waals surface area contributed by atoms with Crippen molar-refractivity contribution in [3.05, 3.63) is 35.6 Å². The van der Waals surface area contributed by atoms with Crippen LogP contribution in [0, 0.1) is 5.82 Å². The standard InChI is InChI=1S/C10H8FN3O/c11-7-3-1-6(2-4-7)9-8(5-15)10(12)14-13-9/h1-5H,(H3,12,13,14). The van der Waals surface area contributed by atoms with Gasteiger partial charge in [-0.25, -0.2) is 4.39 Å². The molecule has 0 spiro atoms. The predicted octanol–water partition coefficient (Wildman–Crippen LogP) is 1.61. The zero-order valence-electron chi connectivity index (χ0n) is 7.70. The largest absolute Gasteiger partial charge is 0.382 e. The number of halogens is 1. The van der Waals surface area contributed by atoms with Crippen LogP contribution in [0.3, 0.4) is 0 Å². The van der Waals surface area contributed by atoms with Crippen LogP contribution in [-0.4, -0.2) is 16.5 Å². The van der Waals surface area contributed by atoms with Crippen LogP contribution in [0.4, 0.5) is 10.2 Å². The number of nitrogen functional groups attached to an aromatic ring is 1. The molecule has 1 aromatic carbocycles. The van der Waals surface area contributed by atoms with Crippen LogP contribution in [0.1, 0.15) is 10.4 Å². The Labute approximate surface area is 84.9 Å². The predicted molar refractivity (Wildman–Crippen MR) is 53.8 cm³/mol. The number of carbonyl (C=O) groups is 1. The second-order valence-corrected chi connectivity index (χ2v) is 3.02. The van der Waals surface area contributed by atoms with Gasteiger partial charge in [0, 0.05) is 5.56 Å². The van der Waals surface area contributed by atoms with E-state index in [9.17, 15) is 9.18 Å². The summed E-state index contributed by atoms with van der Waals surface area (Å²) in [5.41, 5.74) is 6.94. The number of aldehydes is 1. The summed E-state index contributed by atoms with van der Waals surface area (Å²) in [5, 5.41) is 6.35. The number of nitrogens with one attached hydrogen (secondary N) is 1. The summed E-state index contributed by atoms with van der Waals surface area (Å²) in [6.45, 7) is 0. The molecule has 0 fully saturated rings. The molecule has 0 aliphatic heterocycles. The maximum atomic E-state index is 12.7. The topological polar surface area (TPSA) is 71.8 Å². The summed E-state index contributed by atoms with van der Waals surface area (Å²) < 4.78 is 12.7. The summed E-state index contributed by atoms with van der Waals surface area (Å²) in [6.07, 6.45) is 0.623. The minimum atomic E-state index is -0.334. The van der Waals surface area contributed by atoms with Crippen molar-refractivity contribution >= 4 is 12.1 Å². The van der Waals surface area contributed by atoms with Gasteiger partial charge >= 0.3 is 0 Å². The Hall–Kier alpha value is -2.17. The Morgan fingerprint density at radius 1 is 1.33 bits per heavy atom. The first-order valence-corrected chi connectivity index (χ1v) is 4.27. The summed E-state index contributed by atoms with van der Waals surface area (Å²) in [5.74, 6) is -0.191. The summed E-state index contributed by atoms with van der Waals surface area (Å²) in [7, 11) is 0. The molecular formula is C10H8FN3O. The van der Waals surface area contributed by atoms with Crippen molar-refractivity contribution < 1.29 is 9.18 Å². The first-order chi connectivity index (χ1) is 7.22. The van der Waals surface area contributed by atoms with Gasteiger partial charge in [0.15, 0.2) is 12.1 Å². The van der Waals surface area contributed by atoms with Crippen molar-refractivity contribution in [3.63, 3.8) is 0 Å². The van der Waals surface area contributed by atoms with Gasteiger partial charge in [-0.15, -0.1) is 0 Å². The number of nitrogens with two attached hydrogens (primary N) is 1. The summed E-state index contributed by atoms with van der Waals surface area (Å²) in [6, 6.07) is 5.71. The Balaban J connectivity index is 2.53. The molecule has 0 radical (unpaired) electrons. The molecule has 2 rings (SSSR count). The van der Waals surface area contributed by atoms with Gasteiger partial charge in [-0.3, -0.25) is 9.89 Å². The SMILES string of the molecule is Nc1n[nH]c(-c2ccc(F)cc2)c1C=O. The van der Waals surface area contributed by atoms with E-state index in [1.165, 1.54) is 12.1 Å². The number of hydrogen-bond donors (Lipinski definition) is 2. The van der Waals surface area contributed by atoms with Gasteiger partial charge in [-0.05, 0) is 24.3 Å². The highest BCUT2D eigenvalue weighted by Crippen LogP contribution is 2.23. The Bertz CT molecular complexity index is 490. The van der Waals surface area contributed by atoms with Crippen LogP contribution in [0.15, 0.2) is 24.3 Å². The molecule has 76 valence electrons. The zero-order valence-corrected chi connectivity index (χ0v) is 7.70. The van der Waals surface area contributed by atoms with Crippen LogP contribution < -0.4 is 5.73 Å². The van der Waals surface area contributed by atoms with Crippen molar-refractivity contribution in [1.82, 2.24) is 10.2 Å². The lowest BCUT2D eigenvalue weighted by molar-refractivity contribution is 0.112. The van der Waals surface area contributed by atoms with Gasteiger partial charge in [-0.1, -0.05) is 0 Å². The molecule has 0 saturated heterocycles. The van der Waals surface area contributed by atoms with E-state index in [-0.39, 0.29) is 11.6 Å². The molecule has 0 unspecified atom stereocenters. The van der Waals surface area contributed by atoms with Crippen LogP contribution in [0.2, 0.25) is 0 Å². The third kappa shape index (κ3) is 1.59. The minimum absolute atomic E-state index is 0.143. The normalized spacial score (nSPS) is 10.2. The average molecular weight is 205 g/mol. The monoisotopic (exact) mass is 205 g/mol. The van der Waals surface area contributed by atoms with E-state index in [2.05, 4.69) is 10.2 Å². The zero-order chi connectivity index (χ0) is 10.8. The molecule has 1 aromatic heterocycles. The van der Waals surface area contributed by atoms with E-state index in [1.54, 1.807) is 12.1 Å². The lowest BCUT2D eigenvalue weighted by Crippen LogP contribution is -1.90. The van der Waals surface area contributed by atoms with Crippen LogP contribution >= 0.6 is 0 Å². The summed E-state index contributed by atoms with van der Waals surface area (Å²) in [4.78, 5) is 10.7. The highest BCUT2D eigenvalue weighted by Gasteiger charge is 2.11. The number of aromatic amines is 1. The van der Waals surface area contributed by atoms with Gasteiger partial charge < -0.3 is 5.73 Å². The maximum Gasteiger partial charge on any atom is 0.156 e. The Kier molecular flexibility index (Phi) is 2.21. The third-order valence-electron chi connectivity index (χ3n) is 2.08. The van der Waals surface area contributed by atoms with Crippen LogP contribution in [-0.2, 0) is 0 Å². The lowest BCUT2D eigenvalue weighted by atomic mass is 10.1. The highest BCUT2D eigenvalue weighted by molar-refractivity contribution is 5.91. The molecule has 3 N–H and O–H groups in total. The molecule has 15 heavy (non-hydrogen) atoms. The van der Waals surface area contributed by atoms with E-state index < -0.39 is 0 Å². The molecule has 5 heteroatoms. The van der Waals surface area contributed by atoms with Crippen molar-refractivity contribution in [2.75, 3.05) is 5.73 Å². The van der Waals surface area contributed by atoms with Gasteiger partial charge in [0.25, 0.3) is 0 Å². The van der Waals surface area contributed by atoms with Crippen molar-refractivity contribution in [2.24, 2.45) is 0 Å². The molecule has 0 aliphatic carbocycles. The number of aromatic nitrogens is 2. The Morgan fingerprint density at radius 2 is 2.00 bits per heavy atom. The van der Waals surface area contributed by atoms with Gasteiger partial charge in [-0.2, -0.15) is 5.10 Å². The fourth-order valence-corrected chi connectivity index (χ4v) is 1.32. The van der Waals surface area contributed by atoms with E-state index in [4.69, 9.17) is 5.73 Å². The first-order valence-electron chi connectivity index (χ1n) is 4.27. The molecule has 0 atom stereocenters. The number of rotatable bonds is 2. The molecule has 1 heterocycles. The molecule has 0 amide bonds. The second kappa shape index (κ2) is 3.53. The second-order valence-electron chi connectivity index (χ2n) is 3.02. The summed E-state index contributed by atoms with van der Waals surface area (Å²) >= 11 is 0. The minimum Gasteiger partial charge on any atom is -0.382 e. The van der Waals surface area contributed by atoms with Crippen LogP contribution in [0.5, 0.6) is 0 Å².